The highest BCUT2D eigenvalue weighted by molar-refractivity contribution is 7.47. The Morgan fingerprint density at radius 3 is 1.44 bits per heavy atom. The van der Waals surface area contributed by atoms with Crippen molar-refractivity contribution in [2.75, 3.05) is 33.0 Å². The van der Waals surface area contributed by atoms with Crippen molar-refractivity contribution in [1.82, 2.24) is 0 Å². The molecule has 3 atom stereocenters. The monoisotopic (exact) mass is 763 g/mol. The molecule has 10 heteroatoms. The highest BCUT2D eigenvalue weighted by atomic mass is 31.2. The van der Waals surface area contributed by atoms with E-state index in [1.54, 1.807) is 0 Å². The summed E-state index contributed by atoms with van der Waals surface area (Å²) in [5, 5.41) is 18.3. The molecule has 3 unspecified atom stereocenters. The summed E-state index contributed by atoms with van der Waals surface area (Å²) in [5.41, 5.74) is 0. The van der Waals surface area contributed by atoms with Gasteiger partial charge in [0.05, 0.1) is 26.4 Å². The summed E-state index contributed by atoms with van der Waals surface area (Å²) in [6, 6.07) is 0. The normalized spacial score (nSPS) is 14.2. The smallest absolute Gasteiger partial charge is 0.457 e. The molecule has 0 aromatic rings. The van der Waals surface area contributed by atoms with Gasteiger partial charge in [0, 0.05) is 13.0 Å². The number of hydrogen-bond acceptors (Lipinski definition) is 8. The number of hydrogen-bond donors (Lipinski definition) is 3. The van der Waals surface area contributed by atoms with E-state index in [0.29, 0.717) is 6.61 Å². The second-order valence-corrected chi connectivity index (χ2v) is 16.2. The van der Waals surface area contributed by atoms with Gasteiger partial charge in [-0.2, -0.15) is 0 Å². The van der Waals surface area contributed by atoms with Crippen LogP contribution in [0.15, 0.2) is 12.2 Å². The van der Waals surface area contributed by atoms with Crippen LogP contribution in [0, 0.1) is 0 Å². The molecule has 0 radical (unpaired) electrons. The SMILES string of the molecule is CCCCCCCCCC/C=C\CCCCCCCCCCCCCC(=O)OC(COCCCCCCCCCC)COP(=O)(O)OCC(O)CO. The van der Waals surface area contributed by atoms with Gasteiger partial charge in [-0.25, -0.2) is 4.57 Å². The van der Waals surface area contributed by atoms with Gasteiger partial charge in [0.15, 0.2) is 0 Å². The number of allylic oxidation sites excluding steroid dienone is 2. The minimum absolute atomic E-state index is 0.0535. The number of esters is 1. The Morgan fingerprint density at radius 1 is 0.577 bits per heavy atom. The van der Waals surface area contributed by atoms with Gasteiger partial charge in [-0.1, -0.05) is 174 Å². The predicted octanol–water partition coefficient (Wildman–Crippen LogP) is 11.7. The summed E-state index contributed by atoms with van der Waals surface area (Å²) < 4.78 is 33.2. The van der Waals surface area contributed by atoms with E-state index in [0.717, 1.165) is 38.5 Å². The number of unbranched alkanes of at least 4 members (excludes halogenated alkanes) is 26. The van der Waals surface area contributed by atoms with Crippen LogP contribution in [0.2, 0.25) is 0 Å². The van der Waals surface area contributed by atoms with Gasteiger partial charge < -0.3 is 24.6 Å². The van der Waals surface area contributed by atoms with E-state index in [9.17, 15) is 19.4 Å². The Labute approximate surface area is 320 Å². The first-order valence-corrected chi connectivity index (χ1v) is 23.2. The Kier molecular flexibility index (Phi) is 39.3. The molecule has 0 amide bonds. The summed E-state index contributed by atoms with van der Waals surface area (Å²) in [4.78, 5) is 22.5. The van der Waals surface area contributed by atoms with Crippen molar-refractivity contribution in [3.8, 4) is 0 Å². The van der Waals surface area contributed by atoms with Crippen molar-refractivity contribution in [2.24, 2.45) is 0 Å². The second kappa shape index (κ2) is 39.9. The van der Waals surface area contributed by atoms with Crippen molar-refractivity contribution >= 4 is 13.8 Å². The molecule has 0 aromatic carbocycles. The molecule has 3 N–H and O–H groups in total. The highest BCUT2D eigenvalue weighted by Crippen LogP contribution is 2.43. The fourth-order valence-electron chi connectivity index (χ4n) is 6.12. The molecule has 0 aliphatic rings. The summed E-state index contributed by atoms with van der Waals surface area (Å²) in [5.74, 6) is -0.382. The fraction of sp³-hybridized carbons (Fsp3) is 0.929. The minimum atomic E-state index is -4.50. The zero-order chi connectivity index (χ0) is 38.2. The summed E-state index contributed by atoms with van der Waals surface area (Å²) in [6.45, 7) is 3.52. The van der Waals surface area contributed by atoms with Crippen molar-refractivity contribution in [2.45, 2.75) is 219 Å². The maximum atomic E-state index is 12.6. The van der Waals surface area contributed by atoms with Crippen LogP contribution in [0.1, 0.15) is 206 Å². The molecule has 0 rings (SSSR count). The number of rotatable bonds is 42. The topological polar surface area (TPSA) is 132 Å². The van der Waals surface area contributed by atoms with Crippen LogP contribution in [-0.4, -0.2) is 66.3 Å². The average molecular weight is 763 g/mol. The largest absolute Gasteiger partial charge is 0.472 e. The molecule has 0 fully saturated rings. The van der Waals surface area contributed by atoms with E-state index in [-0.39, 0.29) is 25.6 Å². The maximum Gasteiger partial charge on any atom is 0.472 e. The first-order chi connectivity index (χ1) is 25.3. The lowest BCUT2D eigenvalue weighted by Gasteiger charge is -2.20. The third-order valence-corrected chi connectivity index (χ3v) is 10.4. The molecule has 0 aliphatic heterocycles. The quantitative estimate of drug-likeness (QED) is 0.0241. The molecule has 310 valence electrons. The zero-order valence-electron chi connectivity index (χ0n) is 33.8. The van der Waals surface area contributed by atoms with E-state index >= 15 is 0 Å². The van der Waals surface area contributed by atoms with Gasteiger partial charge in [-0.05, 0) is 38.5 Å². The number of aliphatic hydroxyl groups excluding tert-OH is 2. The number of phosphoric ester groups is 1. The van der Waals surface area contributed by atoms with Crippen LogP contribution in [0.4, 0.5) is 0 Å². The molecule has 0 heterocycles. The third-order valence-electron chi connectivity index (χ3n) is 9.45. The summed E-state index contributed by atoms with van der Waals surface area (Å²) >= 11 is 0. The maximum absolute atomic E-state index is 12.6. The average Bonchev–Trinajstić information content (AvgIpc) is 3.13. The number of carbonyl (C=O) groups excluding carboxylic acids is 1. The fourth-order valence-corrected chi connectivity index (χ4v) is 6.91. The molecule has 0 spiro atoms. The number of phosphoric acid groups is 1. The first-order valence-electron chi connectivity index (χ1n) is 21.7. The second-order valence-electron chi connectivity index (χ2n) is 14.7. The molecular weight excluding hydrogens is 679 g/mol. The van der Waals surface area contributed by atoms with Crippen molar-refractivity contribution < 1.29 is 43.0 Å². The van der Waals surface area contributed by atoms with Gasteiger partial charge in [0.25, 0.3) is 0 Å². The number of ether oxygens (including phenoxy) is 2. The van der Waals surface area contributed by atoms with E-state index in [4.69, 9.17) is 23.6 Å². The van der Waals surface area contributed by atoms with Gasteiger partial charge in [-0.15, -0.1) is 0 Å². The lowest BCUT2D eigenvalue weighted by atomic mass is 10.0. The highest BCUT2D eigenvalue weighted by Gasteiger charge is 2.26. The predicted molar refractivity (Wildman–Crippen MR) is 215 cm³/mol. The molecule has 9 nitrogen and oxygen atoms in total. The molecule has 52 heavy (non-hydrogen) atoms. The third kappa shape index (κ3) is 38.9. The molecule has 0 saturated carbocycles. The van der Waals surface area contributed by atoms with Gasteiger partial charge >= 0.3 is 13.8 Å². The standard InChI is InChI=1S/C42H83O9P/c1-3-5-7-9-11-13-14-15-16-17-18-19-20-21-22-23-24-25-26-27-28-30-32-34-42(45)51-41(39-50-52(46,47)49-37-40(44)36-43)38-48-35-33-31-29-12-10-8-6-4-2/h17-18,40-41,43-44H,3-16,19-39H2,1-2H3,(H,46,47)/b18-17-. The van der Waals surface area contributed by atoms with Gasteiger partial charge in [0.2, 0.25) is 0 Å². The van der Waals surface area contributed by atoms with Gasteiger partial charge in [0.1, 0.15) is 12.2 Å². The van der Waals surface area contributed by atoms with Crippen LogP contribution in [0.3, 0.4) is 0 Å². The number of carbonyl (C=O) groups is 1. The Bertz CT molecular complexity index is 825. The van der Waals surface area contributed by atoms with E-state index in [2.05, 4.69) is 26.0 Å². The van der Waals surface area contributed by atoms with E-state index in [1.165, 1.54) is 148 Å². The van der Waals surface area contributed by atoms with Crippen LogP contribution in [0.5, 0.6) is 0 Å². The Balaban J connectivity index is 3.98. The zero-order valence-corrected chi connectivity index (χ0v) is 34.7. The minimum Gasteiger partial charge on any atom is -0.457 e. The molecule has 0 saturated heterocycles. The van der Waals surface area contributed by atoms with E-state index < -0.39 is 33.2 Å². The van der Waals surface area contributed by atoms with Crippen LogP contribution in [0.25, 0.3) is 0 Å². The molecular formula is C42H83O9P. The summed E-state index contributed by atoms with van der Waals surface area (Å²) in [7, 11) is -4.50. The molecule has 0 aliphatic carbocycles. The van der Waals surface area contributed by atoms with Crippen molar-refractivity contribution in [1.29, 1.82) is 0 Å². The lowest BCUT2D eigenvalue weighted by molar-refractivity contribution is -0.154. The Hall–Kier alpha value is -0.800. The van der Waals surface area contributed by atoms with Crippen LogP contribution < -0.4 is 0 Å². The molecule has 0 bridgehead atoms. The van der Waals surface area contributed by atoms with Crippen molar-refractivity contribution in [3.63, 3.8) is 0 Å². The van der Waals surface area contributed by atoms with Crippen LogP contribution >= 0.6 is 7.82 Å². The molecule has 0 aromatic heterocycles. The van der Waals surface area contributed by atoms with Crippen molar-refractivity contribution in [3.05, 3.63) is 12.2 Å². The van der Waals surface area contributed by atoms with Gasteiger partial charge in [-0.3, -0.25) is 13.8 Å². The Morgan fingerprint density at radius 2 is 0.981 bits per heavy atom. The van der Waals surface area contributed by atoms with Crippen LogP contribution in [-0.2, 0) is 27.9 Å². The summed E-state index contributed by atoms with van der Waals surface area (Å²) in [6.07, 6.45) is 39.0. The lowest BCUT2D eigenvalue weighted by Crippen LogP contribution is -2.29. The van der Waals surface area contributed by atoms with E-state index in [1.807, 2.05) is 0 Å². The number of aliphatic hydroxyl groups is 2. The first kappa shape index (κ1) is 51.2.